The molecule has 3 N–H and O–H groups in total. The van der Waals surface area contributed by atoms with Crippen molar-refractivity contribution in [3.63, 3.8) is 0 Å². The van der Waals surface area contributed by atoms with Crippen LogP contribution in [0.2, 0.25) is 5.02 Å². The van der Waals surface area contributed by atoms with E-state index < -0.39 is 5.97 Å². The van der Waals surface area contributed by atoms with Crippen LogP contribution in [-0.4, -0.2) is 12.6 Å². The summed E-state index contributed by atoms with van der Waals surface area (Å²) in [6, 6.07) is 7.36. The van der Waals surface area contributed by atoms with E-state index in [9.17, 15) is 4.79 Å². The minimum atomic E-state index is -0.471. The highest BCUT2D eigenvalue weighted by Crippen LogP contribution is 2.15. The highest BCUT2D eigenvalue weighted by Gasteiger charge is 2.03. The molecule has 0 radical (unpaired) electrons. The lowest BCUT2D eigenvalue weighted by Gasteiger charge is -2.05. The van der Waals surface area contributed by atoms with Gasteiger partial charge in [-0.15, -0.1) is 0 Å². The molecule has 0 heterocycles. The van der Waals surface area contributed by atoms with Crippen LogP contribution in [0.25, 0.3) is 0 Å². The molecule has 88 valence electrons. The maximum absolute atomic E-state index is 10.9. The Bertz CT molecular complexity index is 347. The van der Waals surface area contributed by atoms with Crippen molar-refractivity contribution in [2.45, 2.75) is 13.0 Å². The quantitative estimate of drug-likeness (QED) is 0.446. The summed E-state index contributed by atoms with van der Waals surface area (Å²) < 4.78 is 5.26. The average Bonchev–Trinajstić information content (AvgIpc) is 2.27. The fraction of sp³-hybridized carbons (Fsp3) is 0.300. The minimum absolute atomic E-state index is 0.134. The number of hydrogen-bond acceptors (Lipinski definition) is 5. The first kappa shape index (κ1) is 12.9. The lowest BCUT2D eigenvalue weighted by Crippen LogP contribution is -2.26. The van der Waals surface area contributed by atoms with Crippen molar-refractivity contribution < 1.29 is 14.4 Å². The number of benzene rings is 1. The Morgan fingerprint density at radius 3 is 2.88 bits per heavy atom. The molecule has 0 amide bonds. The Kier molecular flexibility index (Phi) is 5.81. The molecule has 0 saturated carbocycles. The number of hydrogen-bond donors (Lipinski definition) is 2. The van der Waals surface area contributed by atoms with Crippen LogP contribution < -0.4 is 11.4 Å². The molecule has 1 aromatic carbocycles. The molecule has 5 nitrogen and oxygen atoms in total. The van der Waals surface area contributed by atoms with Crippen LogP contribution in [-0.2, 0) is 21.0 Å². The Morgan fingerprint density at radius 2 is 2.19 bits per heavy atom. The molecular formula is C10H13ClN2O3. The lowest BCUT2D eigenvalue weighted by atomic mass is 10.2. The van der Waals surface area contributed by atoms with Crippen molar-refractivity contribution in [3.05, 3.63) is 34.9 Å². The van der Waals surface area contributed by atoms with E-state index in [1.54, 1.807) is 6.07 Å². The zero-order valence-corrected chi connectivity index (χ0v) is 9.37. The molecule has 16 heavy (non-hydrogen) atoms. The number of nitrogens with two attached hydrogens (primary N) is 1. The largest absolute Gasteiger partial charge is 0.376 e. The number of hydrazine groups is 1. The van der Waals surface area contributed by atoms with E-state index in [0.717, 1.165) is 5.56 Å². The Hall–Kier alpha value is -1.14. The smallest absolute Gasteiger partial charge is 0.328 e. The van der Waals surface area contributed by atoms with Crippen LogP contribution in [0.15, 0.2) is 24.3 Å². The average molecular weight is 245 g/mol. The van der Waals surface area contributed by atoms with Gasteiger partial charge in [0.25, 0.3) is 0 Å². The first-order chi connectivity index (χ1) is 7.74. The van der Waals surface area contributed by atoms with Gasteiger partial charge in [0.15, 0.2) is 0 Å². The summed E-state index contributed by atoms with van der Waals surface area (Å²) in [6.07, 6.45) is 0.134. The minimum Gasteiger partial charge on any atom is -0.376 e. The highest BCUT2D eigenvalue weighted by molar-refractivity contribution is 6.31. The monoisotopic (exact) mass is 244 g/mol. The second-order valence-corrected chi connectivity index (χ2v) is 3.39. The molecule has 0 unspecified atom stereocenters. The maximum Gasteiger partial charge on any atom is 0.328 e. The third-order valence-electron chi connectivity index (χ3n) is 1.84. The first-order valence-electron chi connectivity index (χ1n) is 4.70. The molecular weight excluding hydrogens is 232 g/mol. The van der Waals surface area contributed by atoms with Crippen LogP contribution in [0.5, 0.6) is 0 Å². The molecule has 0 saturated heterocycles. The zero-order chi connectivity index (χ0) is 11.8. The number of ether oxygens (including phenoxy) is 1. The number of carbonyl (C=O) groups is 1. The molecule has 0 fully saturated rings. The SMILES string of the molecule is NNOC(=O)CCOCc1ccccc1Cl. The summed E-state index contributed by atoms with van der Waals surface area (Å²) in [5.74, 6) is 4.32. The Morgan fingerprint density at radius 1 is 1.44 bits per heavy atom. The van der Waals surface area contributed by atoms with Gasteiger partial charge in [-0.2, -0.15) is 0 Å². The van der Waals surface area contributed by atoms with Crippen molar-refractivity contribution in [3.8, 4) is 0 Å². The predicted octanol–water partition coefficient (Wildman–Crippen LogP) is 1.17. The molecule has 1 rings (SSSR count). The standard InChI is InChI=1S/C10H13ClN2O3/c11-9-4-2-1-3-8(9)7-15-6-5-10(14)16-13-12/h1-4,13H,5-7,12H2. The molecule has 1 aromatic rings. The molecule has 0 aliphatic heterocycles. The van der Waals surface area contributed by atoms with E-state index in [1.165, 1.54) is 0 Å². The number of rotatable bonds is 6. The van der Waals surface area contributed by atoms with Crippen LogP contribution >= 0.6 is 11.6 Å². The zero-order valence-electron chi connectivity index (χ0n) is 8.61. The molecule has 0 aliphatic carbocycles. The second kappa shape index (κ2) is 7.19. The van der Waals surface area contributed by atoms with Crippen LogP contribution in [0.3, 0.4) is 0 Å². The Labute approximate surface area is 98.4 Å². The fourth-order valence-electron chi connectivity index (χ4n) is 1.07. The highest BCUT2D eigenvalue weighted by atomic mass is 35.5. The third kappa shape index (κ3) is 4.59. The van der Waals surface area contributed by atoms with Crippen LogP contribution in [0.4, 0.5) is 0 Å². The Balaban J connectivity index is 2.21. The van der Waals surface area contributed by atoms with Gasteiger partial charge < -0.3 is 9.57 Å². The summed E-state index contributed by atoms with van der Waals surface area (Å²) in [6.45, 7) is 0.620. The van der Waals surface area contributed by atoms with Crippen molar-refractivity contribution in [1.29, 1.82) is 0 Å². The molecule has 0 spiro atoms. The number of halogens is 1. The van der Waals surface area contributed by atoms with Crippen molar-refractivity contribution in [2.24, 2.45) is 5.84 Å². The lowest BCUT2D eigenvalue weighted by molar-refractivity contribution is -0.152. The summed E-state index contributed by atoms with van der Waals surface area (Å²) in [5, 5.41) is 0.647. The molecule has 0 atom stereocenters. The topological polar surface area (TPSA) is 73.6 Å². The number of nitrogens with one attached hydrogen (secondary N) is 1. The van der Waals surface area contributed by atoms with Gasteiger partial charge in [-0.25, -0.2) is 5.84 Å². The van der Waals surface area contributed by atoms with Crippen molar-refractivity contribution >= 4 is 17.6 Å². The summed E-state index contributed by atoms with van der Waals surface area (Å²) in [5.41, 5.74) is 2.69. The van der Waals surface area contributed by atoms with Crippen LogP contribution in [0.1, 0.15) is 12.0 Å². The van der Waals surface area contributed by atoms with Crippen LogP contribution in [0, 0.1) is 0 Å². The van der Waals surface area contributed by atoms with E-state index >= 15 is 0 Å². The molecule has 6 heteroatoms. The molecule has 0 bridgehead atoms. The van der Waals surface area contributed by atoms with E-state index in [4.69, 9.17) is 22.2 Å². The molecule has 0 aliphatic rings. The fourth-order valence-corrected chi connectivity index (χ4v) is 1.26. The van der Waals surface area contributed by atoms with Gasteiger partial charge in [0.2, 0.25) is 0 Å². The van der Waals surface area contributed by atoms with Gasteiger partial charge in [0, 0.05) is 5.02 Å². The van der Waals surface area contributed by atoms with E-state index in [1.807, 2.05) is 23.8 Å². The first-order valence-corrected chi connectivity index (χ1v) is 5.08. The van der Waals surface area contributed by atoms with Gasteiger partial charge in [-0.3, -0.25) is 4.79 Å². The van der Waals surface area contributed by atoms with E-state index in [-0.39, 0.29) is 13.0 Å². The third-order valence-corrected chi connectivity index (χ3v) is 2.21. The summed E-state index contributed by atoms with van der Waals surface area (Å²) in [4.78, 5) is 15.2. The summed E-state index contributed by atoms with van der Waals surface area (Å²) in [7, 11) is 0. The van der Waals surface area contributed by atoms with Gasteiger partial charge in [-0.05, 0) is 11.6 Å². The van der Waals surface area contributed by atoms with Crippen molar-refractivity contribution in [1.82, 2.24) is 5.59 Å². The maximum atomic E-state index is 10.9. The van der Waals surface area contributed by atoms with Crippen molar-refractivity contribution in [2.75, 3.05) is 6.61 Å². The second-order valence-electron chi connectivity index (χ2n) is 2.99. The van der Waals surface area contributed by atoms with E-state index in [0.29, 0.717) is 11.6 Å². The predicted molar refractivity (Wildman–Crippen MR) is 59.1 cm³/mol. The van der Waals surface area contributed by atoms with Gasteiger partial charge in [-0.1, -0.05) is 35.4 Å². The molecule has 0 aromatic heterocycles. The summed E-state index contributed by atoms with van der Waals surface area (Å²) >= 11 is 5.92. The van der Waals surface area contributed by atoms with E-state index in [2.05, 4.69) is 4.84 Å². The van der Waals surface area contributed by atoms with Gasteiger partial charge in [0.1, 0.15) is 0 Å². The number of carbonyl (C=O) groups excluding carboxylic acids is 1. The van der Waals surface area contributed by atoms with Gasteiger partial charge >= 0.3 is 5.97 Å². The normalized spacial score (nSPS) is 10.1. The van der Waals surface area contributed by atoms with Gasteiger partial charge in [0.05, 0.1) is 19.6 Å².